The van der Waals surface area contributed by atoms with Crippen LogP contribution in [0.3, 0.4) is 0 Å². The normalized spacial score (nSPS) is 13.0. The average Bonchev–Trinajstić information content (AvgIpc) is 3.09. The van der Waals surface area contributed by atoms with Crippen LogP contribution in [0.15, 0.2) is 41.6 Å². The molecule has 0 atom stereocenters. The van der Waals surface area contributed by atoms with Gasteiger partial charge in [0.2, 0.25) is 5.91 Å². The maximum absolute atomic E-state index is 13.3. The Bertz CT molecular complexity index is 1070. The van der Waals surface area contributed by atoms with Crippen LogP contribution in [0, 0.1) is 13.8 Å². The van der Waals surface area contributed by atoms with Crippen molar-refractivity contribution in [2.24, 2.45) is 0 Å². The van der Waals surface area contributed by atoms with Gasteiger partial charge in [-0.2, -0.15) is 0 Å². The third-order valence-electron chi connectivity index (χ3n) is 4.98. The molecular weight excluding hydrogens is 414 g/mol. The van der Waals surface area contributed by atoms with E-state index in [9.17, 15) is 9.59 Å². The van der Waals surface area contributed by atoms with Crippen molar-refractivity contribution in [3.05, 3.63) is 69.4 Å². The molecule has 2 heterocycles. The van der Waals surface area contributed by atoms with Crippen LogP contribution in [0.2, 0.25) is 0 Å². The van der Waals surface area contributed by atoms with Crippen molar-refractivity contribution in [3.63, 3.8) is 0 Å². The number of thioether (sulfide) groups is 1. The smallest absolute Gasteiger partial charge is 0.235 e. The van der Waals surface area contributed by atoms with Gasteiger partial charge in [0.15, 0.2) is 10.9 Å². The minimum Gasteiger partial charge on any atom is -0.316 e. The predicted octanol–water partition coefficient (Wildman–Crippen LogP) is 5.00. The molecule has 30 heavy (non-hydrogen) atoms. The summed E-state index contributed by atoms with van der Waals surface area (Å²) in [6, 6.07) is 11.2. The second-order valence-corrected chi connectivity index (χ2v) is 9.43. The summed E-state index contributed by atoms with van der Waals surface area (Å²) in [6.45, 7) is 3.83. The molecule has 3 aromatic rings. The summed E-state index contributed by atoms with van der Waals surface area (Å²) in [4.78, 5) is 35.9. The highest BCUT2D eigenvalue weighted by atomic mass is 32.2. The fraction of sp³-hybridized carbons (Fsp3) is 0.304. The lowest BCUT2D eigenvalue weighted by molar-refractivity contribution is -0.113. The van der Waals surface area contributed by atoms with Crippen LogP contribution in [-0.4, -0.2) is 27.4 Å². The molecule has 0 unspecified atom stereocenters. The summed E-state index contributed by atoms with van der Waals surface area (Å²) in [5.41, 5.74) is 4.19. The van der Waals surface area contributed by atoms with Crippen molar-refractivity contribution in [2.45, 2.75) is 44.7 Å². The molecule has 0 saturated heterocycles. The van der Waals surface area contributed by atoms with E-state index in [1.165, 1.54) is 16.6 Å². The molecule has 1 aromatic carbocycles. The number of nitrogens with zero attached hydrogens (tertiary/aromatic N) is 2. The molecule has 1 amide bonds. The van der Waals surface area contributed by atoms with E-state index >= 15 is 0 Å². The molecule has 5 nitrogen and oxygen atoms in total. The highest BCUT2D eigenvalue weighted by Gasteiger charge is 2.27. The molecule has 0 spiro atoms. The molecule has 4 rings (SSSR count). The van der Waals surface area contributed by atoms with Gasteiger partial charge >= 0.3 is 0 Å². The summed E-state index contributed by atoms with van der Waals surface area (Å²) >= 11 is 2.85. The van der Waals surface area contributed by atoms with Gasteiger partial charge in [0.05, 0.1) is 11.3 Å². The lowest BCUT2D eigenvalue weighted by atomic mass is 9.92. The van der Waals surface area contributed by atoms with Crippen LogP contribution >= 0.6 is 23.1 Å². The van der Waals surface area contributed by atoms with Gasteiger partial charge in [-0.25, -0.2) is 9.97 Å². The van der Waals surface area contributed by atoms with Gasteiger partial charge in [0, 0.05) is 21.8 Å². The second kappa shape index (κ2) is 9.10. The van der Waals surface area contributed by atoms with Gasteiger partial charge in [0.25, 0.3) is 0 Å². The Balaban J connectivity index is 1.55. The van der Waals surface area contributed by atoms with Gasteiger partial charge in [-0.15, -0.1) is 11.3 Å². The quantitative estimate of drug-likeness (QED) is 0.334. The van der Waals surface area contributed by atoms with E-state index in [-0.39, 0.29) is 17.4 Å². The number of aromatic nitrogens is 2. The molecule has 0 radical (unpaired) electrons. The first-order valence-electron chi connectivity index (χ1n) is 10.0. The van der Waals surface area contributed by atoms with E-state index in [1.807, 2.05) is 50.2 Å². The number of amides is 1. The SMILES string of the molecule is Cc1cc(C)nc(SCC(=O)Nc2sc3c(c2C(=O)c2ccccc2)CCCC3)n1. The number of anilines is 1. The number of rotatable bonds is 6. The van der Waals surface area contributed by atoms with Gasteiger partial charge < -0.3 is 5.32 Å². The van der Waals surface area contributed by atoms with Gasteiger partial charge in [-0.1, -0.05) is 42.1 Å². The number of carbonyl (C=O) groups is 2. The first-order chi connectivity index (χ1) is 14.5. The van der Waals surface area contributed by atoms with Crippen molar-refractivity contribution >= 4 is 39.8 Å². The number of benzene rings is 1. The van der Waals surface area contributed by atoms with E-state index in [0.717, 1.165) is 42.6 Å². The van der Waals surface area contributed by atoms with Crippen molar-refractivity contribution in [1.29, 1.82) is 0 Å². The number of carbonyl (C=O) groups excluding carboxylic acids is 2. The van der Waals surface area contributed by atoms with Crippen molar-refractivity contribution in [2.75, 3.05) is 11.1 Å². The van der Waals surface area contributed by atoms with E-state index in [4.69, 9.17) is 0 Å². The van der Waals surface area contributed by atoms with Crippen molar-refractivity contribution in [1.82, 2.24) is 9.97 Å². The largest absolute Gasteiger partial charge is 0.316 e. The van der Waals surface area contributed by atoms with Crippen LogP contribution in [0.25, 0.3) is 0 Å². The summed E-state index contributed by atoms with van der Waals surface area (Å²) in [6.07, 6.45) is 4.06. The first kappa shape index (κ1) is 20.8. The zero-order chi connectivity index (χ0) is 21.1. The topological polar surface area (TPSA) is 72.0 Å². The minimum atomic E-state index is -0.150. The summed E-state index contributed by atoms with van der Waals surface area (Å²) in [5.74, 6) is 0.0313. The van der Waals surface area contributed by atoms with Crippen LogP contribution < -0.4 is 5.32 Å². The Labute approximate surface area is 184 Å². The summed E-state index contributed by atoms with van der Waals surface area (Å²) in [7, 11) is 0. The molecule has 2 aromatic heterocycles. The van der Waals surface area contributed by atoms with E-state index in [2.05, 4.69) is 15.3 Å². The number of hydrogen-bond donors (Lipinski definition) is 1. The number of fused-ring (bicyclic) bond motifs is 1. The minimum absolute atomic E-state index is 0.0180. The maximum atomic E-state index is 13.3. The molecular formula is C23H23N3O2S2. The zero-order valence-corrected chi connectivity index (χ0v) is 18.7. The third-order valence-corrected chi connectivity index (χ3v) is 7.04. The molecule has 154 valence electrons. The molecule has 0 saturated carbocycles. The van der Waals surface area contributed by atoms with Crippen LogP contribution in [0.5, 0.6) is 0 Å². The molecule has 1 aliphatic rings. The van der Waals surface area contributed by atoms with E-state index < -0.39 is 0 Å². The Hall–Kier alpha value is -2.51. The molecule has 0 aliphatic heterocycles. The maximum Gasteiger partial charge on any atom is 0.235 e. The molecule has 1 aliphatic carbocycles. The van der Waals surface area contributed by atoms with Crippen molar-refractivity contribution in [3.8, 4) is 0 Å². The Kier molecular flexibility index (Phi) is 6.29. The zero-order valence-electron chi connectivity index (χ0n) is 17.0. The fourth-order valence-corrected chi connectivity index (χ4v) is 5.73. The van der Waals surface area contributed by atoms with E-state index in [0.29, 0.717) is 21.3 Å². The monoisotopic (exact) mass is 437 g/mol. The molecule has 0 bridgehead atoms. The van der Waals surface area contributed by atoms with Crippen LogP contribution in [0.4, 0.5) is 5.00 Å². The Morgan fingerprint density at radius 3 is 2.50 bits per heavy atom. The highest BCUT2D eigenvalue weighted by Crippen LogP contribution is 2.39. The second-order valence-electron chi connectivity index (χ2n) is 7.38. The Morgan fingerprint density at radius 1 is 1.07 bits per heavy atom. The van der Waals surface area contributed by atoms with Crippen LogP contribution in [-0.2, 0) is 17.6 Å². The first-order valence-corrected chi connectivity index (χ1v) is 11.8. The highest BCUT2D eigenvalue weighted by molar-refractivity contribution is 7.99. The summed E-state index contributed by atoms with van der Waals surface area (Å²) < 4.78 is 0. The standard InChI is InChI=1S/C23H23N3O2S2/c1-14-12-15(2)25-23(24-14)29-13-19(27)26-22-20(17-10-6-7-11-18(17)30-22)21(28)16-8-4-3-5-9-16/h3-5,8-9,12H,6-7,10-11,13H2,1-2H3,(H,26,27). The van der Waals surface area contributed by atoms with Gasteiger partial charge in [-0.05, 0) is 51.2 Å². The lowest BCUT2D eigenvalue weighted by Gasteiger charge is -2.12. The number of aryl methyl sites for hydroxylation is 3. The van der Waals surface area contributed by atoms with Crippen molar-refractivity contribution < 1.29 is 9.59 Å². The van der Waals surface area contributed by atoms with Crippen LogP contribution in [0.1, 0.15) is 50.6 Å². The number of nitrogens with one attached hydrogen (secondary N) is 1. The number of thiophene rings is 1. The molecule has 1 N–H and O–H groups in total. The summed E-state index contributed by atoms with van der Waals surface area (Å²) in [5, 5.41) is 4.26. The van der Waals surface area contributed by atoms with Gasteiger partial charge in [0.1, 0.15) is 5.00 Å². The molecule has 0 fully saturated rings. The predicted molar refractivity (Wildman–Crippen MR) is 122 cm³/mol. The Morgan fingerprint density at radius 2 is 1.77 bits per heavy atom. The van der Waals surface area contributed by atoms with E-state index in [1.54, 1.807) is 11.3 Å². The number of hydrogen-bond acceptors (Lipinski definition) is 6. The average molecular weight is 438 g/mol. The lowest BCUT2D eigenvalue weighted by Crippen LogP contribution is -2.16. The molecule has 7 heteroatoms. The third kappa shape index (κ3) is 4.63. The fourth-order valence-electron chi connectivity index (χ4n) is 3.68. The number of ketones is 1. The van der Waals surface area contributed by atoms with Gasteiger partial charge in [-0.3, -0.25) is 9.59 Å².